The van der Waals surface area contributed by atoms with Crippen LogP contribution in [0.25, 0.3) is 0 Å². The molecule has 0 spiro atoms. The third kappa shape index (κ3) is 1.94. The van der Waals surface area contributed by atoms with Crippen molar-refractivity contribution in [3.05, 3.63) is 35.6 Å². The first-order valence-electron chi connectivity index (χ1n) is 5.60. The number of carbonyl (C=O) groups is 1. The molecule has 0 unspecified atom stereocenters. The first-order valence-corrected chi connectivity index (χ1v) is 5.60. The number of hydrogen-bond donors (Lipinski definition) is 0. The molecule has 1 heterocycles. The first-order chi connectivity index (χ1) is 7.59. The van der Waals surface area contributed by atoms with E-state index in [4.69, 9.17) is 0 Å². The highest BCUT2D eigenvalue weighted by atomic mass is 19.1. The summed E-state index contributed by atoms with van der Waals surface area (Å²) in [6, 6.07) is 6.53. The van der Waals surface area contributed by atoms with Crippen LogP contribution >= 0.6 is 0 Å². The summed E-state index contributed by atoms with van der Waals surface area (Å²) in [5.74, 6) is 0.363. The molecule has 0 aliphatic carbocycles. The Balaban J connectivity index is 2.29. The van der Waals surface area contributed by atoms with Gasteiger partial charge in [0.1, 0.15) is 5.82 Å². The zero-order valence-corrected chi connectivity index (χ0v) is 9.61. The number of likely N-dealkylation sites (tertiary alicyclic amines) is 1. The number of rotatable bonds is 1. The van der Waals surface area contributed by atoms with Crippen molar-refractivity contribution in [2.75, 3.05) is 7.05 Å². The summed E-state index contributed by atoms with van der Waals surface area (Å²) in [6.07, 6.45) is 1.53. The maximum Gasteiger partial charge on any atom is 0.222 e. The zero-order valence-electron chi connectivity index (χ0n) is 9.61. The van der Waals surface area contributed by atoms with Crippen LogP contribution < -0.4 is 0 Å². The van der Waals surface area contributed by atoms with Crippen molar-refractivity contribution in [1.82, 2.24) is 4.90 Å². The highest BCUT2D eigenvalue weighted by Gasteiger charge is 2.31. The summed E-state index contributed by atoms with van der Waals surface area (Å²) in [6.45, 7) is 2.14. The van der Waals surface area contributed by atoms with Crippen LogP contribution in [0.1, 0.15) is 31.4 Å². The predicted molar refractivity (Wildman–Crippen MR) is 60.3 cm³/mol. The van der Waals surface area contributed by atoms with E-state index >= 15 is 0 Å². The van der Waals surface area contributed by atoms with Gasteiger partial charge in [0, 0.05) is 13.5 Å². The summed E-state index contributed by atoms with van der Waals surface area (Å²) in [7, 11) is 1.83. The van der Waals surface area contributed by atoms with Gasteiger partial charge < -0.3 is 4.90 Å². The minimum atomic E-state index is -0.235. The van der Waals surface area contributed by atoms with E-state index in [9.17, 15) is 9.18 Å². The van der Waals surface area contributed by atoms with Gasteiger partial charge in [-0.25, -0.2) is 4.39 Å². The van der Waals surface area contributed by atoms with Crippen LogP contribution in [-0.2, 0) is 4.79 Å². The van der Waals surface area contributed by atoms with Crippen LogP contribution in [0.2, 0.25) is 0 Å². The fourth-order valence-electron chi connectivity index (χ4n) is 2.43. The van der Waals surface area contributed by atoms with Crippen molar-refractivity contribution in [2.45, 2.75) is 25.8 Å². The van der Waals surface area contributed by atoms with Gasteiger partial charge in [-0.2, -0.15) is 0 Å². The van der Waals surface area contributed by atoms with Crippen LogP contribution in [0.5, 0.6) is 0 Å². The predicted octanol–water partition coefficient (Wildman–Crippen LogP) is 2.76. The summed E-state index contributed by atoms with van der Waals surface area (Å²) >= 11 is 0. The van der Waals surface area contributed by atoms with Gasteiger partial charge in [-0.15, -0.1) is 0 Å². The summed E-state index contributed by atoms with van der Waals surface area (Å²) in [5, 5.41) is 0. The van der Waals surface area contributed by atoms with Crippen LogP contribution in [0.4, 0.5) is 4.39 Å². The van der Waals surface area contributed by atoms with E-state index < -0.39 is 0 Å². The lowest BCUT2D eigenvalue weighted by molar-refractivity contribution is -0.136. The fraction of sp³-hybridized carbons (Fsp3) is 0.462. The monoisotopic (exact) mass is 221 g/mol. The highest BCUT2D eigenvalue weighted by molar-refractivity contribution is 5.77. The molecule has 1 aliphatic heterocycles. The minimum Gasteiger partial charge on any atom is -0.338 e. The van der Waals surface area contributed by atoms with Crippen LogP contribution in [-0.4, -0.2) is 17.9 Å². The number of amides is 1. The van der Waals surface area contributed by atoms with Gasteiger partial charge in [0.05, 0.1) is 6.04 Å². The third-order valence-corrected chi connectivity index (χ3v) is 3.37. The molecular weight excluding hydrogens is 205 g/mol. The van der Waals surface area contributed by atoms with Crippen LogP contribution in [0.3, 0.4) is 0 Å². The van der Waals surface area contributed by atoms with E-state index in [1.54, 1.807) is 17.0 Å². The Hall–Kier alpha value is -1.38. The molecule has 1 fully saturated rings. The van der Waals surface area contributed by atoms with Gasteiger partial charge in [-0.1, -0.05) is 19.1 Å². The van der Waals surface area contributed by atoms with Crippen molar-refractivity contribution in [3.8, 4) is 0 Å². The Morgan fingerprint density at radius 2 is 1.94 bits per heavy atom. The van der Waals surface area contributed by atoms with Crippen molar-refractivity contribution >= 4 is 5.91 Å². The normalized spacial score (nSPS) is 25.9. The quantitative estimate of drug-likeness (QED) is 0.714. The highest BCUT2D eigenvalue weighted by Crippen LogP contribution is 2.35. The summed E-state index contributed by atoms with van der Waals surface area (Å²) < 4.78 is 12.8. The van der Waals surface area contributed by atoms with Crippen molar-refractivity contribution in [1.29, 1.82) is 0 Å². The molecule has 1 saturated heterocycles. The lowest BCUT2D eigenvalue weighted by atomic mass is 9.86. The van der Waals surface area contributed by atoms with Crippen molar-refractivity contribution < 1.29 is 9.18 Å². The molecule has 86 valence electrons. The molecule has 0 saturated carbocycles. The Labute approximate surface area is 95.1 Å². The van der Waals surface area contributed by atoms with Gasteiger partial charge in [-0.3, -0.25) is 4.79 Å². The molecule has 1 aromatic rings. The number of nitrogens with zero attached hydrogens (tertiary/aromatic N) is 1. The second kappa shape index (κ2) is 4.24. The molecule has 0 radical (unpaired) electrons. The number of benzene rings is 1. The smallest absolute Gasteiger partial charge is 0.222 e. The van der Waals surface area contributed by atoms with E-state index in [2.05, 4.69) is 6.92 Å². The van der Waals surface area contributed by atoms with E-state index in [0.29, 0.717) is 12.3 Å². The first kappa shape index (κ1) is 11.1. The molecule has 3 heteroatoms. The molecule has 0 bridgehead atoms. The second-order valence-corrected chi connectivity index (χ2v) is 4.52. The Morgan fingerprint density at radius 1 is 1.31 bits per heavy atom. The largest absolute Gasteiger partial charge is 0.338 e. The van der Waals surface area contributed by atoms with Gasteiger partial charge in [-0.05, 0) is 30.0 Å². The molecule has 1 aromatic carbocycles. The van der Waals surface area contributed by atoms with Crippen LogP contribution in [0.15, 0.2) is 24.3 Å². The van der Waals surface area contributed by atoms with E-state index in [1.165, 1.54) is 12.1 Å². The lowest BCUT2D eigenvalue weighted by Crippen LogP contribution is -2.39. The fourth-order valence-corrected chi connectivity index (χ4v) is 2.43. The topological polar surface area (TPSA) is 20.3 Å². The van der Waals surface area contributed by atoms with Gasteiger partial charge in [0.15, 0.2) is 0 Å². The molecule has 16 heavy (non-hydrogen) atoms. The molecule has 1 amide bonds. The zero-order chi connectivity index (χ0) is 11.7. The average molecular weight is 221 g/mol. The van der Waals surface area contributed by atoms with Crippen LogP contribution in [0, 0.1) is 11.7 Å². The molecular formula is C13H16FNO. The average Bonchev–Trinajstić information content (AvgIpc) is 2.27. The SMILES string of the molecule is C[C@H]1CCC(=O)N(C)[C@@H]1c1ccc(F)cc1. The second-order valence-electron chi connectivity index (χ2n) is 4.52. The van der Waals surface area contributed by atoms with Gasteiger partial charge >= 0.3 is 0 Å². The molecule has 0 N–H and O–H groups in total. The third-order valence-electron chi connectivity index (χ3n) is 3.37. The molecule has 2 nitrogen and oxygen atoms in total. The van der Waals surface area contributed by atoms with Crippen molar-refractivity contribution in [3.63, 3.8) is 0 Å². The maximum absolute atomic E-state index is 12.8. The Morgan fingerprint density at radius 3 is 2.56 bits per heavy atom. The number of halogens is 1. The number of piperidine rings is 1. The molecule has 1 aliphatic rings. The Kier molecular flexibility index (Phi) is 2.95. The van der Waals surface area contributed by atoms with E-state index in [-0.39, 0.29) is 17.8 Å². The maximum atomic E-state index is 12.8. The number of carbonyl (C=O) groups excluding carboxylic acids is 1. The molecule has 2 atom stereocenters. The lowest BCUT2D eigenvalue weighted by Gasteiger charge is -2.37. The molecule has 0 aromatic heterocycles. The summed E-state index contributed by atoms with van der Waals surface area (Å²) in [5.41, 5.74) is 1.02. The minimum absolute atomic E-state index is 0.0850. The summed E-state index contributed by atoms with van der Waals surface area (Å²) in [4.78, 5) is 13.4. The Bertz CT molecular complexity index is 387. The number of hydrogen-bond acceptors (Lipinski definition) is 1. The standard InChI is InChI=1S/C13H16FNO/c1-9-3-8-12(16)15(2)13(9)10-4-6-11(14)7-5-10/h4-7,9,13H,3,8H2,1-2H3/t9-,13-/m0/s1. The van der Waals surface area contributed by atoms with Gasteiger partial charge in [0.2, 0.25) is 5.91 Å². The van der Waals surface area contributed by atoms with Gasteiger partial charge in [0.25, 0.3) is 0 Å². The van der Waals surface area contributed by atoms with E-state index in [0.717, 1.165) is 12.0 Å². The van der Waals surface area contributed by atoms with E-state index in [1.807, 2.05) is 7.05 Å². The molecule has 2 rings (SSSR count). The van der Waals surface area contributed by atoms with Crippen molar-refractivity contribution in [2.24, 2.45) is 5.92 Å².